The van der Waals surface area contributed by atoms with Crippen LogP contribution in [0.4, 0.5) is 0 Å². The zero-order valence-corrected chi connectivity index (χ0v) is 10.2. The van der Waals surface area contributed by atoms with Crippen molar-refractivity contribution < 1.29 is 0 Å². The highest BCUT2D eigenvalue weighted by atomic mass is 15.2. The predicted molar refractivity (Wildman–Crippen MR) is 64.1 cm³/mol. The maximum atomic E-state index is 3.43. The van der Waals surface area contributed by atoms with Crippen LogP contribution in [0.1, 0.15) is 19.8 Å². The molecule has 3 nitrogen and oxygen atoms in total. The van der Waals surface area contributed by atoms with Crippen LogP contribution in [-0.2, 0) is 0 Å². The minimum atomic E-state index is 0.792. The van der Waals surface area contributed by atoms with E-state index in [4.69, 9.17) is 0 Å². The number of rotatable bonds is 2. The Balaban J connectivity index is 1.81. The Labute approximate surface area is 93.8 Å². The van der Waals surface area contributed by atoms with Gasteiger partial charge in [0.05, 0.1) is 0 Å². The first-order valence-electron chi connectivity index (χ1n) is 6.40. The molecule has 15 heavy (non-hydrogen) atoms. The Kier molecular flexibility index (Phi) is 4.00. The van der Waals surface area contributed by atoms with Crippen molar-refractivity contribution in [3.63, 3.8) is 0 Å². The molecular weight excluding hydrogens is 186 g/mol. The number of piperazine rings is 1. The summed E-state index contributed by atoms with van der Waals surface area (Å²) in [6, 6.07) is 0.792. The van der Waals surface area contributed by atoms with Gasteiger partial charge in [-0.1, -0.05) is 0 Å². The third kappa shape index (κ3) is 2.92. The summed E-state index contributed by atoms with van der Waals surface area (Å²) in [6.45, 7) is 9.86. The van der Waals surface area contributed by atoms with Crippen LogP contribution in [0.3, 0.4) is 0 Å². The lowest BCUT2D eigenvalue weighted by molar-refractivity contribution is 0.0956. The van der Waals surface area contributed by atoms with Crippen LogP contribution >= 0.6 is 0 Å². The molecule has 2 heterocycles. The van der Waals surface area contributed by atoms with Gasteiger partial charge < -0.3 is 10.2 Å². The molecular formula is C12H25N3. The molecule has 0 radical (unpaired) electrons. The Hall–Kier alpha value is -0.120. The minimum Gasteiger partial charge on any atom is -0.314 e. The van der Waals surface area contributed by atoms with Crippen LogP contribution in [0.15, 0.2) is 0 Å². The molecule has 2 aliphatic heterocycles. The molecule has 2 fully saturated rings. The molecule has 2 aliphatic rings. The maximum absolute atomic E-state index is 3.43. The summed E-state index contributed by atoms with van der Waals surface area (Å²) in [5.74, 6) is 0.930. The second-order valence-corrected chi connectivity index (χ2v) is 5.17. The van der Waals surface area contributed by atoms with Gasteiger partial charge in [0.15, 0.2) is 0 Å². The molecule has 2 rings (SSSR count). The Morgan fingerprint density at radius 3 is 2.27 bits per heavy atom. The van der Waals surface area contributed by atoms with E-state index in [2.05, 4.69) is 29.1 Å². The van der Waals surface area contributed by atoms with Gasteiger partial charge in [-0.3, -0.25) is 4.90 Å². The molecule has 1 atom stereocenters. The Bertz CT molecular complexity index is 181. The van der Waals surface area contributed by atoms with Crippen molar-refractivity contribution in [3.05, 3.63) is 0 Å². The van der Waals surface area contributed by atoms with E-state index in [0.29, 0.717) is 0 Å². The fraction of sp³-hybridized carbons (Fsp3) is 1.00. The molecule has 1 unspecified atom stereocenters. The first-order valence-corrected chi connectivity index (χ1v) is 6.40. The maximum Gasteiger partial charge on any atom is 0.0110 e. The lowest BCUT2D eigenvalue weighted by Gasteiger charge is -2.40. The Morgan fingerprint density at radius 2 is 1.67 bits per heavy atom. The van der Waals surface area contributed by atoms with E-state index in [9.17, 15) is 0 Å². The average Bonchev–Trinajstić information content (AvgIpc) is 2.30. The van der Waals surface area contributed by atoms with E-state index >= 15 is 0 Å². The van der Waals surface area contributed by atoms with Crippen molar-refractivity contribution >= 4 is 0 Å². The first-order chi connectivity index (χ1) is 7.27. The highest BCUT2D eigenvalue weighted by Crippen LogP contribution is 2.23. The summed E-state index contributed by atoms with van der Waals surface area (Å²) in [7, 11) is 2.24. The summed E-state index contributed by atoms with van der Waals surface area (Å²) in [5, 5.41) is 3.43. The molecule has 88 valence electrons. The summed E-state index contributed by atoms with van der Waals surface area (Å²) in [6.07, 6.45) is 2.78. The summed E-state index contributed by atoms with van der Waals surface area (Å²) in [4.78, 5) is 5.13. The van der Waals surface area contributed by atoms with Crippen LogP contribution in [-0.4, -0.2) is 62.2 Å². The Morgan fingerprint density at radius 1 is 1.07 bits per heavy atom. The first kappa shape index (κ1) is 11.4. The van der Waals surface area contributed by atoms with Gasteiger partial charge in [-0.2, -0.15) is 0 Å². The molecule has 0 amide bonds. The molecule has 0 aliphatic carbocycles. The molecule has 0 aromatic rings. The lowest BCUT2D eigenvalue weighted by atomic mass is 9.89. The van der Waals surface area contributed by atoms with Gasteiger partial charge in [-0.25, -0.2) is 0 Å². The van der Waals surface area contributed by atoms with Crippen molar-refractivity contribution in [3.8, 4) is 0 Å². The topological polar surface area (TPSA) is 18.5 Å². The van der Waals surface area contributed by atoms with E-state index in [1.807, 2.05) is 0 Å². The number of nitrogens with one attached hydrogen (secondary N) is 1. The van der Waals surface area contributed by atoms with E-state index in [0.717, 1.165) is 12.0 Å². The van der Waals surface area contributed by atoms with Gasteiger partial charge >= 0.3 is 0 Å². The third-order valence-electron chi connectivity index (χ3n) is 4.17. The summed E-state index contributed by atoms with van der Waals surface area (Å²) < 4.78 is 0. The van der Waals surface area contributed by atoms with Gasteiger partial charge in [0.1, 0.15) is 0 Å². The molecule has 0 aromatic heterocycles. The number of hydrogen-bond acceptors (Lipinski definition) is 3. The van der Waals surface area contributed by atoms with E-state index in [1.165, 1.54) is 52.1 Å². The summed E-state index contributed by atoms with van der Waals surface area (Å²) >= 11 is 0. The van der Waals surface area contributed by atoms with Gasteiger partial charge in [0, 0.05) is 32.2 Å². The normalized spacial score (nSPS) is 29.2. The zero-order chi connectivity index (χ0) is 10.7. The average molecular weight is 211 g/mol. The van der Waals surface area contributed by atoms with Crippen molar-refractivity contribution in [2.24, 2.45) is 5.92 Å². The number of piperidine rings is 1. The van der Waals surface area contributed by atoms with Gasteiger partial charge in [-0.05, 0) is 45.8 Å². The molecule has 1 N–H and O–H groups in total. The predicted octanol–water partition coefficient (Wildman–Crippen LogP) is 0.622. The van der Waals surface area contributed by atoms with Gasteiger partial charge in [-0.15, -0.1) is 0 Å². The summed E-state index contributed by atoms with van der Waals surface area (Å²) in [5.41, 5.74) is 0. The second-order valence-electron chi connectivity index (χ2n) is 5.17. The van der Waals surface area contributed by atoms with Crippen molar-refractivity contribution in [2.75, 3.05) is 46.3 Å². The molecule has 0 spiro atoms. The van der Waals surface area contributed by atoms with Crippen molar-refractivity contribution in [1.82, 2.24) is 15.1 Å². The smallest absolute Gasteiger partial charge is 0.0110 e. The van der Waals surface area contributed by atoms with E-state index < -0.39 is 0 Å². The van der Waals surface area contributed by atoms with Crippen molar-refractivity contribution in [1.29, 1.82) is 0 Å². The van der Waals surface area contributed by atoms with Crippen LogP contribution in [0, 0.1) is 5.92 Å². The van der Waals surface area contributed by atoms with Crippen LogP contribution in [0.2, 0.25) is 0 Å². The third-order valence-corrected chi connectivity index (χ3v) is 4.17. The quantitative estimate of drug-likeness (QED) is 0.722. The highest BCUT2D eigenvalue weighted by molar-refractivity contribution is 4.82. The second kappa shape index (κ2) is 5.28. The molecule has 0 saturated carbocycles. The van der Waals surface area contributed by atoms with Crippen LogP contribution < -0.4 is 5.32 Å². The van der Waals surface area contributed by atoms with Crippen molar-refractivity contribution in [2.45, 2.75) is 25.8 Å². The number of hydrogen-bond donors (Lipinski definition) is 1. The van der Waals surface area contributed by atoms with Gasteiger partial charge in [0.2, 0.25) is 0 Å². The lowest BCUT2D eigenvalue weighted by Crippen LogP contribution is -2.51. The van der Waals surface area contributed by atoms with Crippen LogP contribution in [0.25, 0.3) is 0 Å². The standard InChI is InChI=1S/C12H25N3/c1-11(15-9-5-13-6-10-15)12-3-7-14(2)8-4-12/h11-13H,3-10H2,1-2H3. The van der Waals surface area contributed by atoms with E-state index in [1.54, 1.807) is 0 Å². The number of nitrogens with zero attached hydrogens (tertiary/aromatic N) is 2. The molecule has 3 heteroatoms. The van der Waals surface area contributed by atoms with E-state index in [-0.39, 0.29) is 0 Å². The molecule has 0 aromatic carbocycles. The molecule has 2 saturated heterocycles. The monoisotopic (exact) mass is 211 g/mol. The zero-order valence-electron chi connectivity index (χ0n) is 10.2. The molecule has 0 bridgehead atoms. The fourth-order valence-corrected chi connectivity index (χ4v) is 2.90. The SMILES string of the molecule is CC(C1CCN(C)CC1)N1CCNCC1. The van der Waals surface area contributed by atoms with Crippen LogP contribution in [0.5, 0.6) is 0 Å². The fourth-order valence-electron chi connectivity index (χ4n) is 2.90. The van der Waals surface area contributed by atoms with Gasteiger partial charge in [0.25, 0.3) is 0 Å². The highest BCUT2D eigenvalue weighted by Gasteiger charge is 2.27. The number of likely N-dealkylation sites (tertiary alicyclic amines) is 1. The minimum absolute atomic E-state index is 0.792. The largest absolute Gasteiger partial charge is 0.314 e.